The van der Waals surface area contributed by atoms with Crippen LogP contribution in [0.4, 0.5) is 10.6 Å². The van der Waals surface area contributed by atoms with Crippen LogP contribution in [0.2, 0.25) is 0 Å². The molecule has 2 aliphatic rings. The van der Waals surface area contributed by atoms with Crippen LogP contribution in [0.5, 0.6) is 0 Å². The molecule has 0 aromatic carbocycles. The third-order valence-corrected chi connectivity index (χ3v) is 5.14. The SMILES string of the molecule is C[C@@H](C(=O)NC(=O)NC1CCCC1)N1CCN(c2ccccn2)CC1. The van der Waals surface area contributed by atoms with Crippen molar-refractivity contribution in [1.82, 2.24) is 20.5 Å². The Hall–Kier alpha value is -2.15. The van der Waals surface area contributed by atoms with Crippen molar-refractivity contribution in [2.24, 2.45) is 0 Å². The summed E-state index contributed by atoms with van der Waals surface area (Å²) in [7, 11) is 0. The van der Waals surface area contributed by atoms with Gasteiger partial charge in [-0.2, -0.15) is 0 Å². The van der Waals surface area contributed by atoms with E-state index in [1.807, 2.05) is 25.1 Å². The predicted molar refractivity (Wildman–Crippen MR) is 96.4 cm³/mol. The molecule has 0 radical (unpaired) electrons. The van der Waals surface area contributed by atoms with E-state index in [1.165, 1.54) is 0 Å². The van der Waals surface area contributed by atoms with Crippen molar-refractivity contribution in [3.63, 3.8) is 0 Å². The highest BCUT2D eigenvalue weighted by Gasteiger charge is 2.27. The van der Waals surface area contributed by atoms with Crippen LogP contribution in [-0.4, -0.2) is 60.1 Å². The smallest absolute Gasteiger partial charge is 0.321 e. The Kier molecular flexibility index (Phi) is 5.86. The number of pyridine rings is 1. The van der Waals surface area contributed by atoms with Crippen LogP contribution in [0.25, 0.3) is 0 Å². The van der Waals surface area contributed by atoms with Crippen molar-refractivity contribution in [2.45, 2.75) is 44.7 Å². The number of nitrogens with zero attached hydrogens (tertiary/aromatic N) is 3. The predicted octanol–water partition coefficient (Wildman–Crippen LogP) is 1.36. The average molecular weight is 345 g/mol. The highest BCUT2D eigenvalue weighted by atomic mass is 16.2. The van der Waals surface area contributed by atoms with Crippen LogP contribution < -0.4 is 15.5 Å². The van der Waals surface area contributed by atoms with Crippen molar-refractivity contribution < 1.29 is 9.59 Å². The van der Waals surface area contributed by atoms with Crippen LogP contribution in [0, 0.1) is 0 Å². The van der Waals surface area contributed by atoms with Crippen LogP contribution in [0.3, 0.4) is 0 Å². The summed E-state index contributed by atoms with van der Waals surface area (Å²) in [6.45, 7) is 5.05. The van der Waals surface area contributed by atoms with Gasteiger partial charge >= 0.3 is 6.03 Å². The third-order valence-electron chi connectivity index (χ3n) is 5.14. The zero-order chi connectivity index (χ0) is 17.6. The zero-order valence-electron chi connectivity index (χ0n) is 14.8. The van der Waals surface area contributed by atoms with Crippen LogP contribution in [0.1, 0.15) is 32.6 Å². The van der Waals surface area contributed by atoms with Gasteiger partial charge in [-0.05, 0) is 31.9 Å². The average Bonchev–Trinajstić information content (AvgIpc) is 3.14. The lowest BCUT2D eigenvalue weighted by Gasteiger charge is -2.37. The van der Waals surface area contributed by atoms with Crippen LogP contribution >= 0.6 is 0 Å². The van der Waals surface area contributed by atoms with Gasteiger partial charge in [-0.3, -0.25) is 15.0 Å². The topological polar surface area (TPSA) is 77.6 Å². The summed E-state index contributed by atoms with van der Waals surface area (Å²) in [5.74, 6) is 0.733. The maximum Gasteiger partial charge on any atom is 0.321 e. The quantitative estimate of drug-likeness (QED) is 0.862. The fraction of sp³-hybridized carbons (Fsp3) is 0.611. The summed E-state index contributed by atoms with van der Waals surface area (Å²) in [6, 6.07) is 5.41. The number of anilines is 1. The highest BCUT2D eigenvalue weighted by Crippen LogP contribution is 2.17. The number of aromatic nitrogens is 1. The van der Waals surface area contributed by atoms with E-state index in [4.69, 9.17) is 0 Å². The molecule has 1 atom stereocenters. The number of urea groups is 1. The Labute approximate surface area is 148 Å². The molecule has 0 bridgehead atoms. The van der Waals surface area contributed by atoms with Crippen LogP contribution in [-0.2, 0) is 4.79 Å². The molecule has 1 aromatic rings. The van der Waals surface area contributed by atoms with Gasteiger partial charge in [0.2, 0.25) is 5.91 Å². The Bertz CT molecular complexity index is 580. The first-order valence-electron chi connectivity index (χ1n) is 9.15. The lowest BCUT2D eigenvalue weighted by atomic mass is 10.2. The number of amides is 3. The van der Waals surface area contributed by atoms with Gasteiger partial charge in [0.05, 0.1) is 6.04 Å². The Morgan fingerprint density at radius 3 is 2.52 bits per heavy atom. The van der Waals surface area contributed by atoms with Crippen molar-refractivity contribution in [3.8, 4) is 0 Å². The summed E-state index contributed by atoms with van der Waals surface area (Å²) in [5, 5.41) is 5.38. The van der Waals surface area contributed by atoms with E-state index < -0.39 is 0 Å². The second kappa shape index (κ2) is 8.29. The largest absolute Gasteiger partial charge is 0.354 e. The van der Waals surface area contributed by atoms with Gasteiger partial charge in [0, 0.05) is 38.4 Å². The van der Waals surface area contributed by atoms with Crippen molar-refractivity contribution in [2.75, 3.05) is 31.1 Å². The molecule has 2 fully saturated rings. The first-order valence-corrected chi connectivity index (χ1v) is 9.15. The first-order chi connectivity index (χ1) is 12.1. The second-order valence-electron chi connectivity index (χ2n) is 6.83. The fourth-order valence-electron chi connectivity index (χ4n) is 3.55. The second-order valence-corrected chi connectivity index (χ2v) is 6.83. The fourth-order valence-corrected chi connectivity index (χ4v) is 3.55. The van der Waals surface area contributed by atoms with Crippen molar-refractivity contribution in [3.05, 3.63) is 24.4 Å². The molecule has 7 heteroatoms. The summed E-state index contributed by atoms with van der Waals surface area (Å²) in [4.78, 5) is 33.0. The lowest BCUT2D eigenvalue weighted by Crippen LogP contribution is -2.56. The van der Waals surface area contributed by atoms with E-state index >= 15 is 0 Å². The standard InChI is InChI=1S/C18H27N5O2/c1-14(17(24)21-18(25)20-15-6-2-3-7-15)22-10-12-23(13-11-22)16-8-4-5-9-19-16/h4-5,8-9,14-15H,2-3,6-7,10-13H2,1H3,(H2,20,21,24,25)/t14-/m0/s1. The van der Waals surface area contributed by atoms with Crippen molar-refractivity contribution >= 4 is 17.8 Å². The van der Waals surface area contributed by atoms with E-state index in [0.29, 0.717) is 0 Å². The number of carbonyl (C=O) groups is 2. The van der Waals surface area contributed by atoms with E-state index in [0.717, 1.165) is 57.7 Å². The molecule has 25 heavy (non-hydrogen) atoms. The van der Waals surface area contributed by atoms with Crippen molar-refractivity contribution in [1.29, 1.82) is 0 Å². The molecule has 1 saturated heterocycles. The van der Waals surface area contributed by atoms with Gasteiger partial charge in [-0.1, -0.05) is 18.9 Å². The number of imide groups is 1. The first kappa shape index (κ1) is 17.7. The number of nitrogens with one attached hydrogen (secondary N) is 2. The summed E-state index contributed by atoms with van der Waals surface area (Å²) < 4.78 is 0. The summed E-state index contributed by atoms with van der Waals surface area (Å²) in [6.07, 6.45) is 6.10. The minimum atomic E-state index is -0.365. The summed E-state index contributed by atoms with van der Waals surface area (Å²) in [5.41, 5.74) is 0. The Morgan fingerprint density at radius 2 is 1.88 bits per heavy atom. The van der Waals surface area contributed by atoms with Gasteiger partial charge in [0.1, 0.15) is 5.82 Å². The molecule has 7 nitrogen and oxygen atoms in total. The lowest BCUT2D eigenvalue weighted by molar-refractivity contribution is -0.124. The molecule has 2 N–H and O–H groups in total. The third kappa shape index (κ3) is 4.69. The van der Waals surface area contributed by atoms with E-state index in [-0.39, 0.29) is 24.0 Å². The van der Waals surface area contributed by atoms with Gasteiger partial charge in [-0.15, -0.1) is 0 Å². The molecule has 0 unspecified atom stereocenters. The number of hydrogen-bond donors (Lipinski definition) is 2. The molecule has 3 amide bonds. The molecule has 1 saturated carbocycles. The monoisotopic (exact) mass is 345 g/mol. The van der Waals surface area contributed by atoms with Gasteiger partial charge in [0.15, 0.2) is 0 Å². The van der Waals surface area contributed by atoms with E-state index in [1.54, 1.807) is 6.20 Å². The molecule has 136 valence electrons. The van der Waals surface area contributed by atoms with Gasteiger partial charge in [0.25, 0.3) is 0 Å². The van der Waals surface area contributed by atoms with Crippen LogP contribution in [0.15, 0.2) is 24.4 Å². The number of carbonyl (C=O) groups excluding carboxylic acids is 2. The Morgan fingerprint density at radius 1 is 1.16 bits per heavy atom. The van der Waals surface area contributed by atoms with E-state index in [9.17, 15) is 9.59 Å². The molecule has 1 aliphatic carbocycles. The van der Waals surface area contributed by atoms with Gasteiger partial charge < -0.3 is 10.2 Å². The minimum Gasteiger partial charge on any atom is -0.354 e. The molecule has 1 aromatic heterocycles. The highest BCUT2D eigenvalue weighted by molar-refractivity contribution is 5.96. The maximum atomic E-state index is 12.3. The normalized spacial score (nSPS) is 20.3. The number of hydrogen-bond acceptors (Lipinski definition) is 5. The van der Waals surface area contributed by atoms with E-state index in [2.05, 4.69) is 25.4 Å². The van der Waals surface area contributed by atoms with Gasteiger partial charge in [-0.25, -0.2) is 9.78 Å². The molecule has 1 aliphatic heterocycles. The number of piperazine rings is 1. The molecular weight excluding hydrogens is 318 g/mol. The summed E-state index contributed by atoms with van der Waals surface area (Å²) >= 11 is 0. The minimum absolute atomic E-state index is 0.213. The maximum absolute atomic E-state index is 12.3. The number of rotatable bonds is 4. The molecular formula is C18H27N5O2. The zero-order valence-corrected chi connectivity index (χ0v) is 14.8. The molecule has 0 spiro atoms. The Balaban J connectivity index is 1.44. The molecule has 2 heterocycles. The molecule has 3 rings (SSSR count).